The Bertz CT molecular complexity index is 3830. The van der Waals surface area contributed by atoms with Crippen LogP contribution in [-0.4, -0.2) is 15.0 Å². The van der Waals surface area contributed by atoms with Gasteiger partial charge < -0.3 is 8.83 Å². The Balaban J connectivity index is 0.983. The maximum Gasteiger partial charge on any atom is 0.167 e. The summed E-state index contributed by atoms with van der Waals surface area (Å²) in [6, 6.07) is 62.0. The van der Waals surface area contributed by atoms with Gasteiger partial charge in [-0.1, -0.05) is 146 Å². The number of para-hydroxylation sites is 1. The summed E-state index contributed by atoms with van der Waals surface area (Å²) in [5.41, 5.74) is 10.9. The fraction of sp³-hybridized carbons (Fsp3) is 0.0351. The molecule has 3 aromatic heterocycles. The normalized spacial score (nSPS) is 12.6. The lowest BCUT2D eigenvalue weighted by Gasteiger charge is -2.14. The molecule has 0 amide bonds. The number of nitrogens with zero attached hydrogens (tertiary/aromatic N) is 3. The van der Waals surface area contributed by atoms with E-state index < -0.39 is 0 Å². The van der Waals surface area contributed by atoms with E-state index in [0.29, 0.717) is 17.5 Å². The van der Waals surface area contributed by atoms with E-state index in [2.05, 4.69) is 188 Å². The molecule has 12 aromatic rings. The molecule has 5 heteroatoms. The third-order valence-electron chi connectivity index (χ3n) is 12.6. The average Bonchev–Trinajstić information content (AvgIpc) is 3.92. The van der Waals surface area contributed by atoms with Crippen LogP contribution in [0, 0.1) is 0 Å². The SMILES string of the molecule is C1=Cc2c(oc3c(-c4nc(-c5ccc6ccccc6c5)nc(-c5ccc(-c6cccc7oc8cc(-c9ccc%10ccccc%10c9)ccc8c67)c6ccccc56)n4)cccc23)CC1. The number of hydrogen-bond acceptors (Lipinski definition) is 5. The molecule has 1 aliphatic carbocycles. The Hall–Kier alpha value is -8.15. The second kappa shape index (κ2) is 13.7. The van der Waals surface area contributed by atoms with E-state index in [-0.39, 0.29) is 0 Å². The predicted octanol–water partition coefficient (Wildman–Crippen LogP) is 15.3. The Kier molecular flexibility index (Phi) is 7.66. The van der Waals surface area contributed by atoms with Gasteiger partial charge in [0.05, 0.1) is 5.56 Å². The van der Waals surface area contributed by atoms with Gasteiger partial charge in [0.1, 0.15) is 22.5 Å². The zero-order chi connectivity index (χ0) is 40.7. The first kappa shape index (κ1) is 34.7. The lowest BCUT2D eigenvalue weighted by atomic mass is 9.92. The van der Waals surface area contributed by atoms with Crippen LogP contribution in [0.4, 0.5) is 0 Å². The Morgan fingerprint density at radius 1 is 0.387 bits per heavy atom. The van der Waals surface area contributed by atoms with Crippen molar-refractivity contribution in [2.45, 2.75) is 12.8 Å². The van der Waals surface area contributed by atoms with Crippen LogP contribution in [0.1, 0.15) is 17.7 Å². The van der Waals surface area contributed by atoms with Crippen LogP contribution in [0.5, 0.6) is 0 Å². The number of furan rings is 2. The van der Waals surface area contributed by atoms with Gasteiger partial charge in [0.15, 0.2) is 17.5 Å². The summed E-state index contributed by atoms with van der Waals surface area (Å²) >= 11 is 0. The van der Waals surface area contributed by atoms with Crippen LogP contribution in [0.3, 0.4) is 0 Å². The summed E-state index contributed by atoms with van der Waals surface area (Å²) < 4.78 is 13.2. The molecular formula is C57H35N3O2. The number of aryl methyl sites for hydroxylation is 1. The van der Waals surface area contributed by atoms with Gasteiger partial charge in [-0.3, -0.25) is 0 Å². The summed E-state index contributed by atoms with van der Waals surface area (Å²) in [5.74, 6) is 2.79. The van der Waals surface area contributed by atoms with Crippen LogP contribution in [-0.2, 0) is 6.42 Å². The summed E-state index contributed by atoms with van der Waals surface area (Å²) in [4.78, 5) is 15.7. The molecule has 0 N–H and O–H groups in total. The van der Waals surface area contributed by atoms with Crippen molar-refractivity contribution in [3.05, 3.63) is 193 Å². The van der Waals surface area contributed by atoms with Gasteiger partial charge in [0, 0.05) is 39.3 Å². The first-order chi connectivity index (χ1) is 30.7. The van der Waals surface area contributed by atoms with Gasteiger partial charge in [-0.2, -0.15) is 0 Å². The highest BCUT2D eigenvalue weighted by molar-refractivity contribution is 6.17. The van der Waals surface area contributed by atoms with Crippen LogP contribution in [0.15, 0.2) is 191 Å². The molecule has 290 valence electrons. The number of hydrogen-bond donors (Lipinski definition) is 0. The van der Waals surface area contributed by atoms with Crippen molar-refractivity contribution in [3.63, 3.8) is 0 Å². The molecule has 0 bridgehead atoms. The molecule has 62 heavy (non-hydrogen) atoms. The Morgan fingerprint density at radius 3 is 1.82 bits per heavy atom. The molecule has 5 nitrogen and oxygen atoms in total. The molecule has 0 radical (unpaired) electrons. The fourth-order valence-electron chi connectivity index (χ4n) is 9.55. The molecule has 0 unspecified atom stereocenters. The van der Waals surface area contributed by atoms with Gasteiger partial charge >= 0.3 is 0 Å². The Morgan fingerprint density at radius 2 is 1.00 bits per heavy atom. The van der Waals surface area contributed by atoms with E-state index in [4.69, 9.17) is 23.8 Å². The predicted molar refractivity (Wildman–Crippen MR) is 254 cm³/mol. The maximum atomic E-state index is 6.63. The molecule has 0 saturated carbocycles. The van der Waals surface area contributed by atoms with Crippen molar-refractivity contribution in [2.75, 3.05) is 0 Å². The number of benzene rings is 9. The fourth-order valence-corrected chi connectivity index (χ4v) is 9.55. The second-order valence-electron chi connectivity index (χ2n) is 16.2. The summed E-state index contributed by atoms with van der Waals surface area (Å²) in [5, 5.41) is 10.1. The summed E-state index contributed by atoms with van der Waals surface area (Å²) in [7, 11) is 0. The molecular weight excluding hydrogens is 759 g/mol. The van der Waals surface area contributed by atoms with Gasteiger partial charge in [-0.15, -0.1) is 0 Å². The molecule has 0 fully saturated rings. The highest BCUT2D eigenvalue weighted by Gasteiger charge is 2.22. The average molecular weight is 794 g/mol. The second-order valence-corrected chi connectivity index (χ2v) is 16.2. The van der Waals surface area contributed by atoms with Crippen LogP contribution < -0.4 is 0 Å². The highest BCUT2D eigenvalue weighted by atomic mass is 16.3. The topological polar surface area (TPSA) is 65.0 Å². The number of allylic oxidation sites excluding steroid dienone is 1. The molecule has 9 aromatic carbocycles. The third-order valence-corrected chi connectivity index (χ3v) is 12.6. The van der Waals surface area contributed by atoms with Crippen molar-refractivity contribution in [1.29, 1.82) is 0 Å². The first-order valence-corrected chi connectivity index (χ1v) is 21.1. The van der Waals surface area contributed by atoms with Crippen LogP contribution in [0.2, 0.25) is 0 Å². The standard InChI is InChI=1S/C57H35N3O2/c1-3-13-36-31-38(25-23-34(36)11-1)39-27-28-48-52(33-39)61-51-22-10-18-45(53(48)51)43-29-30-47(42-16-6-5-15-41(42)43)56-58-55(40-26-24-35-12-2-4-14-37(35)32-40)59-57(60-56)49-20-9-19-46-44-17-7-8-21-50(44)62-54(46)49/h1-7,9-20,22-33H,8,21H2. The molecule has 0 spiro atoms. The molecule has 13 rings (SSSR count). The van der Waals surface area contributed by atoms with Crippen molar-refractivity contribution in [1.82, 2.24) is 15.0 Å². The minimum atomic E-state index is 0.574. The molecule has 3 heterocycles. The minimum Gasteiger partial charge on any atom is -0.460 e. The molecule has 0 atom stereocenters. The van der Waals surface area contributed by atoms with Gasteiger partial charge in [0.25, 0.3) is 0 Å². The van der Waals surface area contributed by atoms with Gasteiger partial charge in [-0.25, -0.2) is 15.0 Å². The van der Waals surface area contributed by atoms with E-state index >= 15 is 0 Å². The highest BCUT2D eigenvalue weighted by Crippen LogP contribution is 2.43. The molecule has 1 aliphatic rings. The van der Waals surface area contributed by atoms with Crippen LogP contribution >= 0.6 is 0 Å². The summed E-state index contributed by atoms with van der Waals surface area (Å²) in [6.07, 6.45) is 6.23. The zero-order valence-corrected chi connectivity index (χ0v) is 33.5. The van der Waals surface area contributed by atoms with Gasteiger partial charge in [0.2, 0.25) is 0 Å². The monoisotopic (exact) mass is 793 g/mol. The van der Waals surface area contributed by atoms with E-state index in [9.17, 15) is 0 Å². The smallest absolute Gasteiger partial charge is 0.167 e. The van der Waals surface area contributed by atoms with Crippen molar-refractivity contribution >= 4 is 71.3 Å². The number of aromatic nitrogens is 3. The zero-order valence-electron chi connectivity index (χ0n) is 33.5. The maximum absolute atomic E-state index is 6.63. The largest absolute Gasteiger partial charge is 0.460 e. The number of rotatable bonds is 5. The van der Waals surface area contributed by atoms with E-state index in [0.717, 1.165) is 118 Å². The van der Waals surface area contributed by atoms with E-state index in [1.165, 1.54) is 10.8 Å². The van der Waals surface area contributed by atoms with Crippen LogP contribution in [0.25, 0.3) is 128 Å². The minimum absolute atomic E-state index is 0.574. The van der Waals surface area contributed by atoms with Crippen molar-refractivity contribution in [2.24, 2.45) is 0 Å². The molecule has 0 aliphatic heterocycles. The first-order valence-electron chi connectivity index (χ1n) is 21.1. The quantitative estimate of drug-likeness (QED) is 0.174. The third kappa shape index (κ3) is 5.52. The Labute approximate surface area is 356 Å². The number of fused-ring (bicyclic) bond motifs is 9. The summed E-state index contributed by atoms with van der Waals surface area (Å²) in [6.45, 7) is 0. The van der Waals surface area contributed by atoms with E-state index in [1.54, 1.807) is 0 Å². The molecule has 0 saturated heterocycles. The van der Waals surface area contributed by atoms with Gasteiger partial charge in [-0.05, 0) is 103 Å². The lowest BCUT2D eigenvalue weighted by Crippen LogP contribution is -2.01. The lowest BCUT2D eigenvalue weighted by molar-refractivity contribution is 0.547. The van der Waals surface area contributed by atoms with E-state index in [1.807, 2.05) is 0 Å². The van der Waals surface area contributed by atoms with Crippen molar-refractivity contribution < 1.29 is 8.83 Å². The van der Waals surface area contributed by atoms with Crippen molar-refractivity contribution in [3.8, 4) is 56.4 Å².